The van der Waals surface area contributed by atoms with E-state index in [-0.39, 0.29) is 23.5 Å². The van der Waals surface area contributed by atoms with Crippen molar-refractivity contribution in [1.82, 2.24) is 5.32 Å². The first-order valence-corrected chi connectivity index (χ1v) is 6.38. The van der Waals surface area contributed by atoms with Gasteiger partial charge in [-0.05, 0) is 42.5 Å². The number of ether oxygens (including phenoxy) is 1. The van der Waals surface area contributed by atoms with Gasteiger partial charge in [0, 0.05) is 6.54 Å². The van der Waals surface area contributed by atoms with E-state index in [1.165, 1.54) is 19.2 Å². The van der Waals surface area contributed by atoms with Crippen LogP contribution in [-0.2, 0) is 11.2 Å². The van der Waals surface area contributed by atoms with Crippen LogP contribution in [0.25, 0.3) is 0 Å². The molecule has 3 N–H and O–H groups in total. The largest absolute Gasteiger partial charge is 0.494 e. The molecule has 1 aromatic rings. The molecule has 0 unspecified atom stereocenters. The summed E-state index contributed by atoms with van der Waals surface area (Å²) in [6.45, 7) is 1.21. The van der Waals surface area contributed by atoms with Gasteiger partial charge in [0.15, 0.2) is 11.6 Å². The van der Waals surface area contributed by atoms with Crippen LogP contribution in [0.2, 0.25) is 0 Å². The normalized spacial score (nSPS) is 15.9. The standard InChI is InChI=1S/C14H19FN2O2/c1-19-12-3-2-10(6-11(12)15)7-13(18)17-9-14(8-16)4-5-14/h2-3,6H,4-5,7-9,16H2,1H3,(H,17,18). The lowest BCUT2D eigenvalue weighted by molar-refractivity contribution is -0.120. The van der Waals surface area contributed by atoms with Crippen molar-refractivity contribution in [2.45, 2.75) is 19.3 Å². The third-order valence-corrected chi connectivity index (χ3v) is 3.63. The highest BCUT2D eigenvalue weighted by molar-refractivity contribution is 5.78. The van der Waals surface area contributed by atoms with Crippen LogP contribution in [0.15, 0.2) is 18.2 Å². The number of nitrogens with two attached hydrogens (primary N) is 1. The maximum absolute atomic E-state index is 13.5. The Morgan fingerprint density at radius 2 is 2.26 bits per heavy atom. The fourth-order valence-corrected chi connectivity index (χ4v) is 1.98. The van der Waals surface area contributed by atoms with E-state index in [1.807, 2.05) is 0 Å². The Morgan fingerprint density at radius 3 is 2.79 bits per heavy atom. The van der Waals surface area contributed by atoms with Gasteiger partial charge in [0.2, 0.25) is 5.91 Å². The molecule has 1 amide bonds. The number of carbonyl (C=O) groups is 1. The van der Waals surface area contributed by atoms with Crippen LogP contribution < -0.4 is 15.8 Å². The Morgan fingerprint density at radius 1 is 1.53 bits per heavy atom. The number of carbonyl (C=O) groups excluding carboxylic acids is 1. The average molecular weight is 266 g/mol. The van der Waals surface area contributed by atoms with Crippen LogP contribution in [0.3, 0.4) is 0 Å². The van der Waals surface area contributed by atoms with E-state index in [9.17, 15) is 9.18 Å². The van der Waals surface area contributed by atoms with E-state index in [0.717, 1.165) is 12.8 Å². The lowest BCUT2D eigenvalue weighted by Crippen LogP contribution is -2.34. The molecule has 0 bridgehead atoms. The zero-order chi connectivity index (χ0) is 13.9. The zero-order valence-corrected chi connectivity index (χ0v) is 11.0. The minimum absolute atomic E-state index is 0.107. The van der Waals surface area contributed by atoms with Gasteiger partial charge in [0.05, 0.1) is 13.5 Å². The molecule has 1 aliphatic rings. The lowest BCUT2D eigenvalue weighted by atomic mass is 10.1. The first kappa shape index (κ1) is 13.8. The minimum Gasteiger partial charge on any atom is -0.494 e. The van der Waals surface area contributed by atoms with Crippen molar-refractivity contribution < 1.29 is 13.9 Å². The molecule has 1 aliphatic carbocycles. The molecule has 0 radical (unpaired) electrons. The van der Waals surface area contributed by atoms with Gasteiger partial charge >= 0.3 is 0 Å². The van der Waals surface area contributed by atoms with Crippen LogP contribution in [0.4, 0.5) is 4.39 Å². The highest BCUT2D eigenvalue weighted by Crippen LogP contribution is 2.43. The molecule has 19 heavy (non-hydrogen) atoms. The Bertz CT molecular complexity index is 473. The first-order valence-electron chi connectivity index (χ1n) is 6.38. The molecule has 1 fully saturated rings. The summed E-state index contributed by atoms with van der Waals surface area (Å²) in [5.41, 5.74) is 6.39. The van der Waals surface area contributed by atoms with E-state index >= 15 is 0 Å². The Hall–Kier alpha value is -1.62. The van der Waals surface area contributed by atoms with E-state index in [1.54, 1.807) is 6.07 Å². The number of hydrogen-bond acceptors (Lipinski definition) is 3. The predicted molar refractivity (Wildman–Crippen MR) is 70.4 cm³/mol. The highest BCUT2D eigenvalue weighted by Gasteiger charge is 2.41. The summed E-state index contributed by atoms with van der Waals surface area (Å²) >= 11 is 0. The molecular formula is C14H19FN2O2. The minimum atomic E-state index is -0.451. The second kappa shape index (κ2) is 5.57. The van der Waals surface area contributed by atoms with Crippen LogP contribution in [-0.4, -0.2) is 26.1 Å². The second-order valence-corrected chi connectivity index (χ2v) is 5.13. The third-order valence-electron chi connectivity index (χ3n) is 3.63. The molecule has 0 atom stereocenters. The summed E-state index contributed by atoms with van der Waals surface area (Å²) in [4.78, 5) is 11.8. The van der Waals surface area contributed by atoms with Gasteiger partial charge < -0.3 is 15.8 Å². The molecule has 5 heteroatoms. The average Bonchev–Trinajstić information content (AvgIpc) is 3.17. The second-order valence-electron chi connectivity index (χ2n) is 5.13. The summed E-state index contributed by atoms with van der Waals surface area (Å²) in [6.07, 6.45) is 2.31. The number of hydrogen-bond donors (Lipinski definition) is 2. The third kappa shape index (κ3) is 3.44. The number of methoxy groups -OCH3 is 1. The lowest BCUT2D eigenvalue weighted by Gasteiger charge is -2.13. The Kier molecular flexibility index (Phi) is 4.04. The SMILES string of the molecule is COc1ccc(CC(=O)NCC2(CN)CC2)cc1F. The van der Waals surface area contributed by atoms with Crippen molar-refractivity contribution >= 4 is 5.91 Å². The van der Waals surface area contributed by atoms with Crippen LogP contribution in [0, 0.1) is 11.2 Å². The molecule has 4 nitrogen and oxygen atoms in total. The fourth-order valence-electron chi connectivity index (χ4n) is 1.98. The van der Waals surface area contributed by atoms with E-state index in [0.29, 0.717) is 18.7 Å². The number of benzene rings is 1. The molecule has 0 saturated heterocycles. The van der Waals surface area contributed by atoms with Crippen molar-refractivity contribution in [3.63, 3.8) is 0 Å². The van der Waals surface area contributed by atoms with Crippen molar-refractivity contribution in [1.29, 1.82) is 0 Å². The van der Waals surface area contributed by atoms with Crippen molar-refractivity contribution in [3.05, 3.63) is 29.6 Å². The molecule has 0 aromatic heterocycles. The van der Waals surface area contributed by atoms with Gasteiger partial charge in [0.25, 0.3) is 0 Å². The molecule has 0 aliphatic heterocycles. The number of amides is 1. The number of halogens is 1. The van der Waals surface area contributed by atoms with E-state index in [2.05, 4.69) is 5.32 Å². The van der Waals surface area contributed by atoms with Gasteiger partial charge in [-0.25, -0.2) is 4.39 Å². The summed E-state index contributed by atoms with van der Waals surface area (Å²) in [6, 6.07) is 4.55. The van der Waals surface area contributed by atoms with Gasteiger partial charge in [-0.15, -0.1) is 0 Å². The first-order chi connectivity index (χ1) is 9.08. The number of nitrogens with one attached hydrogen (secondary N) is 1. The monoisotopic (exact) mass is 266 g/mol. The van der Waals surface area contributed by atoms with Gasteiger partial charge in [0.1, 0.15) is 0 Å². The van der Waals surface area contributed by atoms with Crippen molar-refractivity contribution in [2.24, 2.45) is 11.1 Å². The summed E-state index contributed by atoms with van der Waals surface area (Å²) < 4.78 is 18.3. The highest BCUT2D eigenvalue weighted by atomic mass is 19.1. The quantitative estimate of drug-likeness (QED) is 0.814. The Balaban J connectivity index is 1.86. The van der Waals surface area contributed by atoms with E-state index in [4.69, 9.17) is 10.5 Å². The van der Waals surface area contributed by atoms with E-state index < -0.39 is 5.82 Å². The van der Waals surface area contributed by atoms with Gasteiger partial charge in [-0.1, -0.05) is 6.07 Å². The van der Waals surface area contributed by atoms with Crippen LogP contribution in [0.5, 0.6) is 5.75 Å². The predicted octanol–water partition coefficient (Wildman–Crippen LogP) is 1.23. The number of rotatable bonds is 6. The maximum atomic E-state index is 13.5. The Labute approximate surface area is 112 Å². The molecule has 2 rings (SSSR count). The van der Waals surface area contributed by atoms with Crippen molar-refractivity contribution in [3.8, 4) is 5.75 Å². The molecule has 0 spiro atoms. The van der Waals surface area contributed by atoms with Crippen LogP contribution >= 0.6 is 0 Å². The molecule has 104 valence electrons. The maximum Gasteiger partial charge on any atom is 0.224 e. The topological polar surface area (TPSA) is 64.3 Å². The summed E-state index contributed by atoms with van der Waals surface area (Å²) in [5, 5.41) is 2.86. The van der Waals surface area contributed by atoms with Crippen LogP contribution in [0.1, 0.15) is 18.4 Å². The van der Waals surface area contributed by atoms with Gasteiger partial charge in [-0.2, -0.15) is 0 Å². The molecule has 0 heterocycles. The molecular weight excluding hydrogens is 247 g/mol. The van der Waals surface area contributed by atoms with Crippen molar-refractivity contribution in [2.75, 3.05) is 20.2 Å². The summed E-state index contributed by atoms with van der Waals surface area (Å²) in [7, 11) is 1.41. The zero-order valence-electron chi connectivity index (χ0n) is 11.0. The smallest absolute Gasteiger partial charge is 0.224 e. The molecule has 1 saturated carbocycles. The summed E-state index contributed by atoms with van der Waals surface area (Å²) in [5.74, 6) is -0.373. The fraction of sp³-hybridized carbons (Fsp3) is 0.500. The van der Waals surface area contributed by atoms with Gasteiger partial charge in [-0.3, -0.25) is 4.79 Å². The molecule has 1 aromatic carbocycles.